The van der Waals surface area contributed by atoms with Crippen LogP contribution in [0.15, 0.2) is 65.8 Å². The topological polar surface area (TPSA) is 86.2 Å². The van der Waals surface area contributed by atoms with Gasteiger partial charge in [0.25, 0.3) is 5.91 Å². The molecule has 3 aromatic carbocycles. The fraction of sp³-hybridized carbons (Fsp3) is 0.125. The molecule has 0 aliphatic rings. The van der Waals surface area contributed by atoms with E-state index in [0.717, 1.165) is 0 Å². The summed E-state index contributed by atoms with van der Waals surface area (Å²) in [6.45, 7) is 1.87. The number of nitrogens with one attached hydrogen (secondary N) is 1. The van der Waals surface area contributed by atoms with Gasteiger partial charge in [-0.25, -0.2) is 10.2 Å². The number of amides is 1. The predicted molar refractivity (Wildman–Crippen MR) is 132 cm³/mol. The molecule has 0 radical (unpaired) electrons. The van der Waals surface area contributed by atoms with Crippen molar-refractivity contribution in [1.82, 2.24) is 5.43 Å². The molecular formula is C24H19Cl3N2O5. The minimum atomic E-state index is -0.658. The summed E-state index contributed by atoms with van der Waals surface area (Å²) in [5, 5.41) is 4.89. The van der Waals surface area contributed by atoms with Crippen LogP contribution in [0.3, 0.4) is 0 Å². The van der Waals surface area contributed by atoms with Gasteiger partial charge in [-0.05, 0) is 61.0 Å². The van der Waals surface area contributed by atoms with E-state index in [1.807, 2.05) is 0 Å². The van der Waals surface area contributed by atoms with Crippen molar-refractivity contribution in [1.29, 1.82) is 0 Å². The number of hydrogen-bond acceptors (Lipinski definition) is 6. The first kappa shape index (κ1) is 25.4. The van der Waals surface area contributed by atoms with E-state index < -0.39 is 11.9 Å². The van der Waals surface area contributed by atoms with E-state index in [9.17, 15) is 9.59 Å². The van der Waals surface area contributed by atoms with Gasteiger partial charge in [-0.3, -0.25) is 4.79 Å². The standard InChI is InChI=1S/C24H19Cl3N2O5/c1-2-32-22-11-15(13-28-29-23(30)14-33-20-6-4-3-5-18(20)26)7-10-21(22)34-24(31)17-9-8-16(25)12-19(17)27/h3-13H,2,14H2,1H3,(H,29,30)/b28-13+. The van der Waals surface area contributed by atoms with Crippen LogP contribution in [-0.2, 0) is 4.79 Å². The fourth-order valence-electron chi connectivity index (χ4n) is 2.68. The molecule has 0 aromatic heterocycles. The van der Waals surface area contributed by atoms with Crippen molar-refractivity contribution in [3.63, 3.8) is 0 Å². The number of rotatable bonds is 9. The molecule has 34 heavy (non-hydrogen) atoms. The molecule has 0 heterocycles. The van der Waals surface area contributed by atoms with Crippen LogP contribution in [0.25, 0.3) is 0 Å². The quantitative estimate of drug-likeness (QED) is 0.167. The second-order valence-electron chi connectivity index (χ2n) is 6.67. The Hall–Kier alpha value is -3.26. The number of hydrazone groups is 1. The van der Waals surface area contributed by atoms with Crippen LogP contribution >= 0.6 is 34.8 Å². The molecule has 3 aromatic rings. The van der Waals surface area contributed by atoms with E-state index >= 15 is 0 Å². The number of ether oxygens (including phenoxy) is 3. The summed E-state index contributed by atoms with van der Waals surface area (Å²) in [4.78, 5) is 24.5. The van der Waals surface area contributed by atoms with Crippen LogP contribution in [0, 0.1) is 0 Å². The molecule has 176 valence electrons. The lowest BCUT2D eigenvalue weighted by molar-refractivity contribution is -0.123. The molecule has 1 amide bonds. The van der Waals surface area contributed by atoms with Gasteiger partial charge in [0.15, 0.2) is 18.1 Å². The van der Waals surface area contributed by atoms with Crippen LogP contribution in [0.4, 0.5) is 0 Å². The number of carbonyl (C=O) groups is 2. The summed E-state index contributed by atoms with van der Waals surface area (Å²) < 4.78 is 16.4. The van der Waals surface area contributed by atoms with Crippen molar-refractivity contribution in [3.05, 3.63) is 86.9 Å². The van der Waals surface area contributed by atoms with E-state index in [1.54, 1.807) is 55.5 Å². The van der Waals surface area contributed by atoms with E-state index in [2.05, 4.69) is 10.5 Å². The molecule has 0 aliphatic heterocycles. The highest BCUT2D eigenvalue weighted by Gasteiger charge is 2.16. The zero-order chi connectivity index (χ0) is 24.5. The summed E-state index contributed by atoms with van der Waals surface area (Å²) >= 11 is 17.9. The highest BCUT2D eigenvalue weighted by Crippen LogP contribution is 2.30. The molecule has 0 unspecified atom stereocenters. The summed E-state index contributed by atoms with van der Waals surface area (Å²) in [5.41, 5.74) is 3.13. The van der Waals surface area contributed by atoms with Crippen LogP contribution in [-0.4, -0.2) is 31.3 Å². The zero-order valence-electron chi connectivity index (χ0n) is 17.9. The maximum absolute atomic E-state index is 12.5. The van der Waals surface area contributed by atoms with Gasteiger partial charge in [0.1, 0.15) is 5.75 Å². The molecule has 7 nitrogen and oxygen atoms in total. The van der Waals surface area contributed by atoms with E-state index in [0.29, 0.717) is 33.7 Å². The monoisotopic (exact) mass is 520 g/mol. The Morgan fingerprint density at radius 1 is 0.912 bits per heavy atom. The smallest absolute Gasteiger partial charge is 0.345 e. The lowest BCUT2D eigenvalue weighted by atomic mass is 10.2. The third-order valence-electron chi connectivity index (χ3n) is 4.22. The molecule has 0 saturated heterocycles. The van der Waals surface area contributed by atoms with Gasteiger partial charge in [0.05, 0.1) is 28.4 Å². The number of para-hydroxylation sites is 1. The molecule has 0 saturated carbocycles. The fourth-order valence-corrected chi connectivity index (χ4v) is 3.36. The van der Waals surface area contributed by atoms with Crippen LogP contribution in [0.1, 0.15) is 22.8 Å². The van der Waals surface area contributed by atoms with Crippen molar-refractivity contribution in [2.45, 2.75) is 6.92 Å². The van der Waals surface area contributed by atoms with Gasteiger partial charge >= 0.3 is 5.97 Å². The Morgan fingerprint density at radius 2 is 1.71 bits per heavy atom. The highest BCUT2D eigenvalue weighted by molar-refractivity contribution is 6.36. The first-order chi connectivity index (χ1) is 16.4. The van der Waals surface area contributed by atoms with Crippen molar-refractivity contribution < 1.29 is 23.8 Å². The summed E-state index contributed by atoms with van der Waals surface area (Å²) in [5.74, 6) is -0.207. The third-order valence-corrected chi connectivity index (χ3v) is 5.08. The van der Waals surface area contributed by atoms with Crippen molar-refractivity contribution in [3.8, 4) is 17.2 Å². The van der Waals surface area contributed by atoms with Gasteiger partial charge in [-0.15, -0.1) is 0 Å². The zero-order valence-corrected chi connectivity index (χ0v) is 20.2. The number of benzene rings is 3. The third kappa shape index (κ3) is 7.12. The Bertz CT molecular complexity index is 1220. The minimum absolute atomic E-state index is 0.167. The van der Waals surface area contributed by atoms with Crippen molar-refractivity contribution >= 4 is 52.9 Å². The molecule has 0 bridgehead atoms. The predicted octanol–water partition coefficient (Wildman–Crippen LogP) is 5.79. The average Bonchev–Trinajstić information content (AvgIpc) is 2.80. The van der Waals surface area contributed by atoms with Crippen molar-refractivity contribution in [2.75, 3.05) is 13.2 Å². The highest BCUT2D eigenvalue weighted by atomic mass is 35.5. The molecule has 10 heteroatoms. The maximum Gasteiger partial charge on any atom is 0.345 e. The van der Waals surface area contributed by atoms with E-state index in [1.165, 1.54) is 18.3 Å². The number of nitrogens with zero attached hydrogens (tertiary/aromatic N) is 1. The Labute approximate surface area is 211 Å². The molecule has 0 fully saturated rings. The normalized spacial score (nSPS) is 10.7. The Balaban J connectivity index is 1.62. The van der Waals surface area contributed by atoms with E-state index in [4.69, 9.17) is 49.0 Å². The molecule has 3 rings (SSSR count). The Morgan fingerprint density at radius 3 is 2.44 bits per heavy atom. The number of hydrogen-bond donors (Lipinski definition) is 1. The summed E-state index contributed by atoms with van der Waals surface area (Å²) in [6.07, 6.45) is 1.41. The van der Waals surface area contributed by atoms with Gasteiger partial charge in [0.2, 0.25) is 0 Å². The Kier molecular flexibility index (Phi) is 9.16. The lowest BCUT2D eigenvalue weighted by Gasteiger charge is -2.12. The van der Waals surface area contributed by atoms with Gasteiger partial charge in [-0.1, -0.05) is 46.9 Å². The number of halogens is 3. The largest absolute Gasteiger partial charge is 0.490 e. The first-order valence-electron chi connectivity index (χ1n) is 10.0. The van der Waals surface area contributed by atoms with Crippen LogP contribution in [0.2, 0.25) is 15.1 Å². The molecule has 0 spiro atoms. The molecule has 0 aliphatic carbocycles. The van der Waals surface area contributed by atoms with E-state index in [-0.39, 0.29) is 22.9 Å². The first-order valence-corrected chi connectivity index (χ1v) is 11.1. The lowest BCUT2D eigenvalue weighted by Crippen LogP contribution is -2.24. The second-order valence-corrected chi connectivity index (χ2v) is 7.92. The van der Waals surface area contributed by atoms with Gasteiger partial charge in [-0.2, -0.15) is 5.10 Å². The molecular weight excluding hydrogens is 503 g/mol. The number of esters is 1. The molecule has 0 atom stereocenters. The maximum atomic E-state index is 12.5. The van der Waals surface area contributed by atoms with Crippen molar-refractivity contribution in [2.24, 2.45) is 5.10 Å². The summed E-state index contributed by atoms with van der Waals surface area (Å²) in [6, 6.07) is 16.1. The van der Waals surface area contributed by atoms with Crippen LogP contribution < -0.4 is 19.6 Å². The second kappa shape index (κ2) is 12.3. The minimum Gasteiger partial charge on any atom is -0.490 e. The van der Waals surface area contributed by atoms with Gasteiger partial charge in [0, 0.05) is 5.02 Å². The van der Waals surface area contributed by atoms with Crippen LogP contribution in [0.5, 0.6) is 17.2 Å². The number of carbonyl (C=O) groups excluding carboxylic acids is 2. The summed E-state index contributed by atoms with van der Waals surface area (Å²) in [7, 11) is 0. The SMILES string of the molecule is CCOc1cc(/C=N/NC(=O)COc2ccccc2Cl)ccc1OC(=O)c1ccc(Cl)cc1Cl. The average molecular weight is 522 g/mol. The molecule has 1 N–H and O–H groups in total. The van der Waals surface area contributed by atoms with Gasteiger partial charge < -0.3 is 14.2 Å².